The lowest BCUT2D eigenvalue weighted by molar-refractivity contribution is -0.135. The number of benzene rings is 1. The van der Waals surface area contributed by atoms with Crippen molar-refractivity contribution in [2.45, 2.75) is 94.5 Å². The fraction of sp³-hybridized carbons (Fsp3) is 0.548. The lowest BCUT2D eigenvalue weighted by Gasteiger charge is -2.40. The van der Waals surface area contributed by atoms with Gasteiger partial charge in [-0.05, 0) is 82.5 Å². The summed E-state index contributed by atoms with van der Waals surface area (Å²) in [7, 11) is 3.91. The number of halogens is 2. The Morgan fingerprint density at radius 2 is 1.85 bits per heavy atom. The van der Waals surface area contributed by atoms with Gasteiger partial charge in [0.2, 0.25) is 11.8 Å². The normalized spacial score (nSPS) is 24.9. The Bertz CT molecular complexity index is 2570. The lowest BCUT2D eigenvalue weighted by atomic mass is 9.85. The first-order valence-electron chi connectivity index (χ1n) is 21.4. The van der Waals surface area contributed by atoms with E-state index in [4.69, 9.17) is 9.72 Å². The summed E-state index contributed by atoms with van der Waals surface area (Å²) in [6.45, 7) is 3.93. The first kappa shape index (κ1) is 39.4. The topological polar surface area (TPSA) is 169 Å². The van der Waals surface area contributed by atoms with Gasteiger partial charge >= 0.3 is 5.69 Å². The zero-order chi connectivity index (χ0) is 42.1. The molecule has 2 bridgehead atoms. The molecule has 5 fully saturated rings. The predicted octanol–water partition coefficient (Wildman–Crippen LogP) is 4.06. The zero-order valence-electron chi connectivity index (χ0n) is 34.3. The number of hydrogen-bond donors (Lipinski definition) is 2. The van der Waals surface area contributed by atoms with Gasteiger partial charge in [0.1, 0.15) is 17.4 Å². The van der Waals surface area contributed by atoms with E-state index in [0.29, 0.717) is 36.2 Å². The van der Waals surface area contributed by atoms with Gasteiger partial charge in [-0.15, -0.1) is 0 Å². The molecule has 61 heavy (non-hydrogen) atoms. The number of hydrogen-bond acceptors (Lipinski definition) is 11. The molecule has 8 heterocycles. The Labute approximate surface area is 349 Å². The average Bonchev–Trinajstić information content (AvgIpc) is 4.11. The summed E-state index contributed by atoms with van der Waals surface area (Å²) in [6, 6.07) is 7.52. The number of ether oxygens (including phenoxy) is 1. The number of nitrogens with zero attached hydrogens (tertiary/aromatic N) is 10. The first-order valence-corrected chi connectivity index (χ1v) is 21.4. The SMILES string of the molecule is CN(C[C@H]1CC[C@H](n2cc(NC(=O)c3cnn4ccc(N5C[C@H]6C[C@@H]5CO6)nc34)c(C(F)F)n2)CC1)C1CCN(c2cccc3c2n(C)c(=O)n3C2CCC(=O)NC2=O)CC1. The number of aryl methyl sites for hydroxylation is 1. The molecule has 3 atom stereocenters. The average molecular weight is 841 g/mol. The van der Waals surface area contributed by atoms with Crippen LogP contribution >= 0.6 is 0 Å². The van der Waals surface area contributed by atoms with Crippen LogP contribution in [0.4, 0.5) is 26.0 Å². The molecule has 2 N–H and O–H groups in total. The van der Waals surface area contributed by atoms with Crippen molar-refractivity contribution in [2.24, 2.45) is 13.0 Å². The number of rotatable bonds is 10. The van der Waals surface area contributed by atoms with E-state index < -0.39 is 30.0 Å². The van der Waals surface area contributed by atoms with E-state index in [9.17, 15) is 28.0 Å². The van der Waals surface area contributed by atoms with Gasteiger partial charge in [-0.25, -0.2) is 23.1 Å². The minimum absolute atomic E-state index is 0.0111. The number of carbonyl (C=O) groups is 3. The fourth-order valence-corrected chi connectivity index (χ4v) is 10.5. The third-order valence-electron chi connectivity index (χ3n) is 13.8. The maximum Gasteiger partial charge on any atom is 0.329 e. The van der Waals surface area contributed by atoms with Crippen molar-refractivity contribution in [2.75, 3.05) is 55.0 Å². The summed E-state index contributed by atoms with van der Waals surface area (Å²) in [4.78, 5) is 63.3. The van der Waals surface area contributed by atoms with Crippen LogP contribution in [0.1, 0.15) is 92.3 Å². The Kier molecular flexibility index (Phi) is 10.1. The van der Waals surface area contributed by atoms with Gasteiger partial charge in [0, 0.05) is 58.1 Å². The molecule has 4 aromatic heterocycles. The van der Waals surface area contributed by atoms with E-state index in [1.165, 1.54) is 21.5 Å². The number of fused-ring (bicyclic) bond motifs is 4. The molecular formula is C42H50F2N12O5. The third-order valence-corrected chi connectivity index (χ3v) is 13.8. The lowest BCUT2D eigenvalue weighted by Crippen LogP contribution is -2.45. The van der Waals surface area contributed by atoms with Crippen molar-refractivity contribution in [1.29, 1.82) is 0 Å². The van der Waals surface area contributed by atoms with Crippen LogP contribution in [0.25, 0.3) is 16.7 Å². The Morgan fingerprint density at radius 3 is 2.57 bits per heavy atom. The Morgan fingerprint density at radius 1 is 1.05 bits per heavy atom. The summed E-state index contributed by atoms with van der Waals surface area (Å²) < 4.78 is 40.7. The van der Waals surface area contributed by atoms with E-state index in [1.807, 2.05) is 24.3 Å². The van der Waals surface area contributed by atoms with Gasteiger partial charge in [0.15, 0.2) is 11.3 Å². The molecule has 19 heteroatoms. The minimum Gasteiger partial charge on any atom is -0.374 e. The van der Waals surface area contributed by atoms with Gasteiger partial charge in [0.25, 0.3) is 12.3 Å². The maximum atomic E-state index is 14.3. The number of carbonyl (C=O) groups excluding carboxylic acids is 3. The number of nitrogens with one attached hydrogen (secondary N) is 2. The molecule has 0 radical (unpaired) electrons. The molecule has 5 aliphatic rings. The monoisotopic (exact) mass is 840 g/mol. The number of para-hydroxylation sites is 1. The summed E-state index contributed by atoms with van der Waals surface area (Å²) in [5.41, 5.74) is 2.23. The molecular weight excluding hydrogens is 791 g/mol. The highest BCUT2D eigenvalue weighted by atomic mass is 19.3. The molecule has 0 spiro atoms. The number of alkyl halides is 2. The first-order chi connectivity index (χ1) is 29.5. The number of anilines is 3. The van der Waals surface area contributed by atoms with E-state index in [2.05, 4.69) is 42.6 Å². The van der Waals surface area contributed by atoms with Crippen LogP contribution in [0.5, 0.6) is 0 Å². The van der Waals surface area contributed by atoms with E-state index in [-0.39, 0.29) is 47.5 Å². The summed E-state index contributed by atoms with van der Waals surface area (Å²) in [5.74, 6) is -0.152. The van der Waals surface area contributed by atoms with Gasteiger partial charge in [-0.3, -0.25) is 33.5 Å². The molecule has 10 rings (SSSR count). The molecule has 322 valence electrons. The van der Waals surface area contributed by atoms with Crippen molar-refractivity contribution in [1.82, 2.24) is 43.7 Å². The largest absolute Gasteiger partial charge is 0.374 e. The molecule has 1 saturated carbocycles. The van der Waals surface area contributed by atoms with Crippen LogP contribution in [0.2, 0.25) is 0 Å². The smallest absolute Gasteiger partial charge is 0.329 e. The molecule has 4 saturated heterocycles. The summed E-state index contributed by atoms with van der Waals surface area (Å²) >= 11 is 0. The molecule has 17 nitrogen and oxygen atoms in total. The quantitative estimate of drug-likeness (QED) is 0.195. The van der Waals surface area contributed by atoms with Crippen molar-refractivity contribution in [3.8, 4) is 0 Å². The van der Waals surface area contributed by atoms with Crippen LogP contribution in [0, 0.1) is 5.92 Å². The second kappa shape index (κ2) is 15.6. The van der Waals surface area contributed by atoms with E-state index in [1.54, 1.807) is 22.5 Å². The number of morpholine rings is 1. The van der Waals surface area contributed by atoms with Crippen LogP contribution in [0.3, 0.4) is 0 Å². The number of imidazole rings is 1. The second-order valence-electron chi connectivity index (χ2n) is 17.4. The standard InChI is InChI=1S/C42H50F2N12O5/c1-50(25-12-15-52(16-13-25)31-4-3-5-32-37(31)51(2)42(60)56(32)33-10-11-35(57)48-41(33)59)20-24-6-8-26(9-7-24)55-22-30(36(49-55)38(43)44)46-40(58)29-19-45-54-17-14-34(47-39(29)54)53-21-28-18-27(53)23-61-28/h3-5,14,17,19,22,24-28,33,38H,6-13,15-16,18,20-21,23H2,1-2H3,(H,46,58)(H,48,57,59)/t24-,26-,27-,28-,33?/m1/s1. The van der Waals surface area contributed by atoms with Crippen LogP contribution < -0.4 is 26.1 Å². The molecule has 1 unspecified atom stereocenters. The molecule has 1 aromatic carbocycles. The minimum atomic E-state index is -2.87. The Balaban J connectivity index is 0.748. The van der Waals surface area contributed by atoms with Crippen LogP contribution in [-0.4, -0.2) is 114 Å². The summed E-state index contributed by atoms with van der Waals surface area (Å²) in [6.07, 6.45) is 8.78. The number of piperidine rings is 2. The zero-order valence-corrected chi connectivity index (χ0v) is 34.3. The van der Waals surface area contributed by atoms with Gasteiger partial charge in [-0.2, -0.15) is 10.2 Å². The molecule has 4 aliphatic heterocycles. The molecule has 3 amide bonds. The van der Waals surface area contributed by atoms with Crippen molar-refractivity contribution < 1.29 is 27.9 Å². The number of amides is 3. The van der Waals surface area contributed by atoms with Gasteiger partial charge < -0.3 is 24.8 Å². The van der Waals surface area contributed by atoms with Crippen molar-refractivity contribution >= 4 is 51.6 Å². The van der Waals surface area contributed by atoms with Crippen molar-refractivity contribution in [3.63, 3.8) is 0 Å². The fourth-order valence-electron chi connectivity index (χ4n) is 10.5. The highest BCUT2D eigenvalue weighted by molar-refractivity contribution is 6.08. The second-order valence-corrected chi connectivity index (χ2v) is 17.4. The molecule has 1 aliphatic carbocycles. The highest BCUT2D eigenvalue weighted by Gasteiger charge is 2.40. The highest BCUT2D eigenvalue weighted by Crippen LogP contribution is 2.37. The van der Waals surface area contributed by atoms with Gasteiger partial charge in [-0.1, -0.05) is 6.07 Å². The summed E-state index contributed by atoms with van der Waals surface area (Å²) in [5, 5.41) is 13.7. The van der Waals surface area contributed by atoms with E-state index in [0.717, 1.165) is 88.1 Å². The van der Waals surface area contributed by atoms with Crippen LogP contribution in [-0.2, 0) is 21.4 Å². The molecule has 5 aromatic rings. The van der Waals surface area contributed by atoms with Gasteiger partial charge in [0.05, 0.1) is 53.4 Å². The van der Waals surface area contributed by atoms with E-state index >= 15 is 0 Å². The van der Waals surface area contributed by atoms with Crippen molar-refractivity contribution in [3.05, 3.63) is 64.6 Å². The predicted molar refractivity (Wildman–Crippen MR) is 221 cm³/mol. The maximum absolute atomic E-state index is 14.3. The Hall–Kier alpha value is -5.69. The number of imide groups is 1. The third kappa shape index (κ3) is 7.14. The van der Waals surface area contributed by atoms with Crippen LogP contribution in [0.15, 0.2) is 47.7 Å². The number of aromatic nitrogens is 7.